The van der Waals surface area contributed by atoms with E-state index in [0.29, 0.717) is 31.2 Å². The van der Waals surface area contributed by atoms with Gasteiger partial charge in [-0.2, -0.15) is 10.2 Å². The van der Waals surface area contributed by atoms with Gasteiger partial charge in [-0.25, -0.2) is 9.89 Å². The van der Waals surface area contributed by atoms with Crippen molar-refractivity contribution >= 4 is 18.4 Å². The van der Waals surface area contributed by atoms with Gasteiger partial charge in [0.15, 0.2) is 0 Å². The second-order valence-electron chi connectivity index (χ2n) is 4.33. The summed E-state index contributed by atoms with van der Waals surface area (Å²) in [5.41, 5.74) is 2.35. The van der Waals surface area contributed by atoms with Gasteiger partial charge >= 0.3 is 5.97 Å². The molecule has 2 aromatic heterocycles. The molecule has 0 aromatic carbocycles. The van der Waals surface area contributed by atoms with Crippen LogP contribution in [0.1, 0.15) is 28.7 Å². The Kier molecular flexibility index (Phi) is 6.23. The van der Waals surface area contributed by atoms with Crippen molar-refractivity contribution in [3.05, 3.63) is 29.2 Å². The number of ether oxygens (including phenoxy) is 2. The smallest absolute Gasteiger partial charge is 0.345 e. The van der Waals surface area contributed by atoms with Crippen molar-refractivity contribution in [3.8, 4) is 5.88 Å². The lowest BCUT2D eigenvalue weighted by Gasteiger charge is -2.07. The Bertz CT molecular complexity index is 594. The Labute approximate surface area is 129 Å². The lowest BCUT2D eigenvalue weighted by molar-refractivity contribution is 0.0521. The number of aromatic amines is 1. The summed E-state index contributed by atoms with van der Waals surface area (Å²) < 4.78 is 12.3. The van der Waals surface area contributed by atoms with E-state index in [9.17, 15) is 4.79 Å². The summed E-state index contributed by atoms with van der Waals surface area (Å²) in [5, 5.41) is 10.8. The van der Waals surface area contributed by atoms with E-state index >= 15 is 0 Å². The van der Waals surface area contributed by atoms with Crippen molar-refractivity contribution in [2.75, 3.05) is 13.2 Å². The molecule has 0 aliphatic carbocycles. The van der Waals surface area contributed by atoms with Crippen LogP contribution in [0.5, 0.6) is 5.88 Å². The van der Waals surface area contributed by atoms with E-state index in [1.54, 1.807) is 6.92 Å². The minimum atomic E-state index is -0.442. The zero-order chi connectivity index (χ0) is 14.5. The molecular weight excluding hydrogens is 296 g/mol. The SMILES string of the molecule is CCOC(=O)c1cn[nH]c1OCCn1nc(C)cc1C.Cl. The molecule has 8 heteroatoms. The second kappa shape index (κ2) is 7.68. The van der Waals surface area contributed by atoms with Gasteiger partial charge in [-0.05, 0) is 26.8 Å². The van der Waals surface area contributed by atoms with Crippen molar-refractivity contribution in [2.24, 2.45) is 0 Å². The van der Waals surface area contributed by atoms with Crippen LogP contribution in [0.4, 0.5) is 0 Å². The highest BCUT2D eigenvalue weighted by molar-refractivity contribution is 5.91. The number of aryl methyl sites for hydroxylation is 2. The van der Waals surface area contributed by atoms with Crippen LogP contribution in [0.2, 0.25) is 0 Å². The van der Waals surface area contributed by atoms with Gasteiger partial charge in [0, 0.05) is 5.69 Å². The molecule has 1 N–H and O–H groups in total. The number of hydrogen-bond donors (Lipinski definition) is 1. The van der Waals surface area contributed by atoms with Crippen molar-refractivity contribution < 1.29 is 14.3 Å². The number of nitrogens with one attached hydrogen (secondary N) is 1. The summed E-state index contributed by atoms with van der Waals surface area (Å²) in [6, 6.07) is 2.00. The molecule has 2 rings (SSSR count). The molecule has 0 unspecified atom stereocenters. The first kappa shape index (κ1) is 17.0. The van der Waals surface area contributed by atoms with Crippen LogP contribution in [-0.2, 0) is 11.3 Å². The molecule has 0 fully saturated rings. The Balaban J connectivity index is 0.00000220. The molecule has 0 bridgehead atoms. The molecule has 0 saturated carbocycles. The van der Waals surface area contributed by atoms with E-state index in [1.807, 2.05) is 24.6 Å². The largest absolute Gasteiger partial charge is 0.475 e. The fraction of sp³-hybridized carbons (Fsp3) is 0.462. The quantitative estimate of drug-likeness (QED) is 0.823. The molecular formula is C13H19ClN4O3. The Morgan fingerprint density at radius 2 is 2.19 bits per heavy atom. The van der Waals surface area contributed by atoms with E-state index in [4.69, 9.17) is 9.47 Å². The van der Waals surface area contributed by atoms with Gasteiger partial charge in [-0.1, -0.05) is 0 Å². The average molecular weight is 315 g/mol. The molecule has 0 radical (unpaired) electrons. The van der Waals surface area contributed by atoms with Gasteiger partial charge in [0.1, 0.15) is 12.2 Å². The summed E-state index contributed by atoms with van der Waals surface area (Å²) in [6.45, 7) is 6.98. The summed E-state index contributed by atoms with van der Waals surface area (Å²) in [6.07, 6.45) is 1.40. The molecule has 0 spiro atoms. The maximum atomic E-state index is 11.6. The summed E-state index contributed by atoms with van der Waals surface area (Å²) in [7, 11) is 0. The standard InChI is InChI=1S/C13H18N4O3.ClH/c1-4-19-13(18)11-8-14-15-12(11)20-6-5-17-10(3)7-9(2)16-17;/h7-8H,4-6H2,1-3H3,(H,14,15);1H. The van der Waals surface area contributed by atoms with E-state index in [1.165, 1.54) is 6.20 Å². The first-order valence-corrected chi connectivity index (χ1v) is 6.46. The molecule has 0 aliphatic heterocycles. The Morgan fingerprint density at radius 1 is 1.43 bits per heavy atom. The van der Waals surface area contributed by atoms with E-state index in [2.05, 4.69) is 15.3 Å². The molecule has 0 amide bonds. The van der Waals surface area contributed by atoms with Crippen molar-refractivity contribution in [1.29, 1.82) is 0 Å². The number of carbonyl (C=O) groups excluding carboxylic acids is 1. The molecule has 0 aliphatic rings. The monoisotopic (exact) mass is 314 g/mol. The van der Waals surface area contributed by atoms with Gasteiger partial charge < -0.3 is 9.47 Å². The number of aromatic nitrogens is 4. The number of hydrogen-bond acceptors (Lipinski definition) is 5. The van der Waals surface area contributed by atoms with E-state index in [0.717, 1.165) is 11.4 Å². The Hall–Kier alpha value is -2.02. The van der Waals surface area contributed by atoms with Crippen molar-refractivity contribution in [3.63, 3.8) is 0 Å². The average Bonchev–Trinajstić information content (AvgIpc) is 2.97. The molecule has 0 atom stereocenters. The number of carbonyl (C=O) groups is 1. The minimum absolute atomic E-state index is 0. The highest BCUT2D eigenvalue weighted by Gasteiger charge is 2.16. The van der Waals surface area contributed by atoms with Crippen molar-refractivity contribution in [1.82, 2.24) is 20.0 Å². The number of nitrogens with zero attached hydrogens (tertiary/aromatic N) is 3. The summed E-state index contributed by atoms with van der Waals surface area (Å²) in [4.78, 5) is 11.6. The van der Waals surface area contributed by atoms with Gasteiger partial charge in [0.25, 0.3) is 0 Å². The first-order chi connectivity index (χ1) is 9.61. The molecule has 2 aromatic rings. The predicted octanol–water partition coefficient (Wildman–Crippen LogP) is 1.90. The minimum Gasteiger partial charge on any atom is -0.475 e. The van der Waals surface area contributed by atoms with Crippen molar-refractivity contribution in [2.45, 2.75) is 27.3 Å². The highest BCUT2D eigenvalue weighted by atomic mass is 35.5. The highest BCUT2D eigenvalue weighted by Crippen LogP contribution is 2.15. The predicted molar refractivity (Wildman–Crippen MR) is 79.0 cm³/mol. The maximum Gasteiger partial charge on any atom is 0.345 e. The lowest BCUT2D eigenvalue weighted by Crippen LogP contribution is -2.13. The number of esters is 1. The summed E-state index contributed by atoms with van der Waals surface area (Å²) in [5.74, 6) is -0.118. The first-order valence-electron chi connectivity index (χ1n) is 6.46. The van der Waals surface area contributed by atoms with Crippen LogP contribution >= 0.6 is 12.4 Å². The Morgan fingerprint density at radius 3 is 2.81 bits per heavy atom. The fourth-order valence-electron chi connectivity index (χ4n) is 1.87. The molecule has 116 valence electrons. The van der Waals surface area contributed by atoms with E-state index < -0.39 is 5.97 Å². The zero-order valence-corrected chi connectivity index (χ0v) is 13.1. The van der Waals surface area contributed by atoms with Crippen LogP contribution in [0, 0.1) is 13.8 Å². The number of H-pyrrole nitrogens is 1. The lowest BCUT2D eigenvalue weighted by atomic mass is 10.3. The van der Waals surface area contributed by atoms with Gasteiger partial charge in [-0.3, -0.25) is 4.68 Å². The second-order valence-corrected chi connectivity index (χ2v) is 4.33. The fourth-order valence-corrected chi connectivity index (χ4v) is 1.87. The normalized spacial score (nSPS) is 10.0. The van der Waals surface area contributed by atoms with Crippen LogP contribution in [0.15, 0.2) is 12.3 Å². The molecule has 7 nitrogen and oxygen atoms in total. The third-order valence-corrected chi connectivity index (χ3v) is 2.75. The zero-order valence-electron chi connectivity index (χ0n) is 12.3. The summed E-state index contributed by atoms with van der Waals surface area (Å²) >= 11 is 0. The number of rotatable bonds is 6. The van der Waals surface area contributed by atoms with Crippen LogP contribution in [0.25, 0.3) is 0 Å². The third-order valence-electron chi connectivity index (χ3n) is 2.75. The molecule has 2 heterocycles. The third kappa shape index (κ3) is 4.22. The van der Waals surface area contributed by atoms with Gasteiger partial charge in [-0.15, -0.1) is 12.4 Å². The molecule has 0 saturated heterocycles. The van der Waals surface area contributed by atoms with Crippen LogP contribution in [-0.4, -0.2) is 39.2 Å². The molecule has 21 heavy (non-hydrogen) atoms. The number of halogens is 1. The maximum absolute atomic E-state index is 11.6. The topological polar surface area (TPSA) is 82.0 Å². The van der Waals surface area contributed by atoms with Crippen LogP contribution < -0.4 is 4.74 Å². The van der Waals surface area contributed by atoms with E-state index in [-0.39, 0.29) is 12.4 Å². The van der Waals surface area contributed by atoms with Gasteiger partial charge in [0.05, 0.1) is 25.0 Å². The van der Waals surface area contributed by atoms with Crippen LogP contribution in [0.3, 0.4) is 0 Å². The van der Waals surface area contributed by atoms with Gasteiger partial charge in [0.2, 0.25) is 5.88 Å².